The van der Waals surface area contributed by atoms with E-state index in [1.807, 2.05) is 24.3 Å². The zero-order valence-electron chi connectivity index (χ0n) is 11.3. The Balaban J connectivity index is 2.05. The summed E-state index contributed by atoms with van der Waals surface area (Å²) in [7, 11) is -3.33. The van der Waals surface area contributed by atoms with Gasteiger partial charge in [-0.05, 0) is 24.0 Å². The summed E-state index contributed by atoms with van der Waals surface area (Å²) in [6.07, 6.45) is 2.47. The fourth-order valence-electron chi connectivity index (χ4n) is 3.10. The lowest BCUT2D eigenvalue weighted by atomic mass is 9.90. The first kappa shape index (κ1) is 13.6. The first-order valence-corrected chi connectivity index (χ1v) is 8.56. The monoisotopic (exact) mass is 295 g/mol. The van der Waals surface area contributed by atoms with Gasteiger partial charge in [-0.1, -0.05) is 24.3 Å². The minimum Gasteiger partial charge on any atom is -0.460 e. The van der Waals surface area contributed by atoms with Crippen LogP contribution in [-0.2, 0) is 26.0 Å². The second-order valence-corrected chi connectivity index (χ2v) is 7.27. The van der Waals surface area contributed by atoms with Crippen molar-refractivity contribution in [3.8, 4) is 0 Å². The van der Waals surface area contributed by atoms with Crippen LogP contribution in [0.4, 0.5) is 0 Å². The molecule has 5 nitrogen and oxygen atoms in total. The van der Waals surface area contributed by atoms with Crippen LogP contribution in [-0.4, -0.2) is 37.6 Å². The van der Waals surface area contributed by atoms with Crippen LogP contribution in [0.3, 0.4) is 0 Å². The molecule has 0 radical (unpaired) electrons. The number of sulfonamides is 1. The molecule has 0 unspecified atom stereocenters. The van der Waals surface area contributed by atoms with Crippen LogP contribution in [0.5, 0.6) is 0 Å². The smallest absolute Gasteiger partial charge is 0.306 e. The maximum absolute atomic E-state index is 12.0. The number of esters is 1. The molecule has 2 aliphatic heterocycles. The van der Waals surface area contributed by atoms with Crippen molar-refractivity contribution in [1.29, 1.82) is 0 Å². The van der Waals surface area contributed by atoms with Gasteiger partial charge in [0.05, 0.1) is 12.3 Å². The molecular formula is C14H17NO4S. The molecule has 0 saturated carbocycles. The average Bonchev–Trinajstić information content (AvgIpc) is 2.82. The zero-order valence-corrected chi connectivity index (χ0v) is 12.1. The Morgan fingerprint density at radius 3 is 2.65 bits per heavy atom. The zero-order chi connectivity index (χ0) is 14.3. The third kappa shape index (κ3) is 2.33. The molecule has 1 aromatic rings. The van der Waals surface area contributed by atoms with E-state index < -0.39 is 10.0 Å². The quantitative estimate of drug-likeness (QED) is 0.770. The first-order valence-electron chi connectivity index (χ1n) is 6.71. The molecule has 1 saturated heterocycles. The van der Waals surface area contributed by atoms with Gasteiger partial charge in [0.2, 0.25) is 10.0 Å². The fourth-order valence-corrected chi connectivity index (χ4v) is 4.19. The molecule has 6 heteroatoms. The third-order valence-corrected chi connectivity index (χ3v) is 5.24. The molecule has 20 heavy (non-hydrogen) atoms. The van der Waals surface area contributed by atoms with Crippen molar-refractivity contribution in [2.45, 2.75) is 31.4 Å². The molecule has 2 aliphatic rings. The van der Waals surface area contributed by atoms with Gasteiger partial charge in [-0.25, -0.2) is 8.42 Å². The van der Waals surface area contributed by atoms with Crippen LogP contribution in [0.2, 0.25) is 0 Å². The van der Waals surface area contributed by atoms with Gasteiger partial charge in [0.1, 0.15) is 6.10 Å². The largest absolute Gasteiger partial charge is 0.460 e. The van der Waals surface area contributed by atoms with E-state index in [1.165, 1.54) is 10.6 Å². The van der Waals surface area contributed by atoms with Gasteiger partial charge in [0, 0.05) is 13.0 Å². The van der Waals surface area contributed by atoms with Crippen molar-refractivity contribution < 1.29 is 17.9 Å². The van der Waals surface area contributed by atoms with E-state index in [2.05, 4.69) is 0 Å². The van der Waals surface area contributed by atoms with E-state index in [9.17, 15) is 13.2 Å². The van der Waals surface area contributed by atoms with Gasteiger partial charge in [0.15, 0.2) is 0 Å². The lowest BCUT2D eigenvalue weighted by Gasteiger charge is -2.37. The number of carbonyl (C=O) groups excluding carboxylic acids is 1. The molecular weight excluding hydrogens is 278 g/mol. The van der Waals surface area contributed by atoms with Gasteiger partial charge in [-0.2, -0.15) is 4.31 Å². The topological polar surface area (TPSA) is 63.7 Å². The van der Waals surface area contributed by atoms with E-state index in [-0.39, 0.29) is 18.1 Å². The van der Waals surface area contributed by atoms with E-state index in [0.717, 1.165) is 11.1 Å². The van der Waals surface area contributed by atoms with Crippen molar-refractivity contribution >= 4 is 16.0 Å². The van der Waals surface area contributed by atoms with E-state index in [4.69, 9.17) is 4.74 Å². The van der Waals surface area contributed by atoms with E-state index in [1.54, 1.807) is 0 Å². The second kappa shape index (κ2) is 4.86. The first-order chi connectivity index (χ1) is 9.47. The Morgan fingerprint density at radius 2 is 2.00 bits per heavy atom. The maximum atomic E-state index is 12.0. The number of fused-ring (bicyclic) bond motifs is 1. The van der Waals surface area contributed by atoms with Crippen LogP contribution >= 0.6 is 0 Å². The van der Waals surface area contributed by atoms with Gasteiger partial charge in [-0.3, -0.25) is 4.79 Å². The highest BCUT2D eigenvalue weighted by Crippen LogP contribution is 2.38. The van der Waals surface area contributed by atoms with E-state index in [0.29, 0.717) is 25.8 Å². The van der Waals surface area contributed by atoms with E-state index >= 15 is 0 Å². The minimum atomic E-state index is -3.33. The highest BCUT2D eigenvalue weighted by molar-refractivity contribution is 7.88. The average molecular weight is 295 g/mol. The highest BCUT2D eigenvalue weighted by atomic mass is 32.2. The molecule has 0 amide bonds. The van der Waals surface area contributed by atoms with Crippen LogP contribution in [0.25, 0.3) is 0 Å². The normalized spacial score (nSPS) is 27.1. The fraction of sp³-hybridized carbons (Fsp3) is 0.500. The summed E-state index contributed by atoms with van der Waals surface area (Å²) < 4.78 is 30.9. The van der Waals surface area contributed by atoms with Crippen molar-refractivity contribution in [3.63, 3.8) is 0 Å². The standard InChI is InChI=1S/C14H17NO4S/c1-20(17,18)15-9-8-10-4-2-3-5-11(10)14(15)12-6-7-13(16)19-12/h2-5,12,14H,6-9H2,1H3/t12-,14-/m1/s1. The van der Waals surface area contributed by atoms with Gasteiger partial charge in [-0.15, -0.1) is 0 Å². The Hall–Kier alpha value is -1.40. The summed E-state index contributed by atoms with van der Waals surface area (Å²) in [5.74, 6) is -0.244. The van der Waals surface area contributed by atoms with Crippen LogP contribution in [0.15, 0.2) is 24.3 Å². The molecule has 3 rings (SSSR count). The summed E-state index contributed by atoms with van der Waals surface area (Å²) in [6, 6.07) is 7.41. The Labute approximate surface area is 118 Å². The lowest BCUT2D eigenvalue weighted by molar-refractivity contribution is -0.143. The Kier molecular flexibility index (Phi) is 3.30. The van der Waals surface area contributed by atoms with Crippen molar-refractivity contribution in [2.24, 2.45) is 0 Å². The molecule has 1 fully saturated rings. The summed E-state index contributed by atoms with van der Waals surface area (Å²) >= 11 is 0. The summed E-state index contributed by atoms with van der Waals surface area (Å²) in [5, 5.41) is 0. The number of carbonyl (C=O) groups is 1. The Morgan fingerprint density at radius 1 is 1.25 bits per heavy atom. The number of nitrogens with zero attached hydrogens (tertiary/aromatic N) is 1. The molecule has 0 aliphatic carbocycles. The lowest BCUT2D eigenvalue weighted by Crippen LogP contribution is -2.44. The van der Waals surface area contributed by atoms with Crippen LogP contribution in [0, 0.1) is 0 Å². The molecule has 2 heterocycles. The van der Waals surface area contributed by atoms with Crippen molar-refractivity contribution in [3.05, 3.63) is 35.4 Å². The molecule has 0 N–H and O–H groups in total. The second-order valence-electron chi connectivity index (χ2n) is 5.33. The summed E-state index contributed by atoms with van der Waals surface area (Å²) in [6.45, 7) is 0.439. The number of hydrogen-bond acceptors (Lipinski definition) is 4. The molecule has 108 valence electrons. The van der Waals surface area contributed by atoms with Gasteiger partial charge >= 0.3 is 5.97 Å². The molecule has 1 aromatic carbocycles. The number of benzene rings is 1. The van der Waals surface area contributed by atoms with Gasteiger partial charge in [0.25, 0.3) is 0 Å². The van der Waals surface area contributed by atoms with Crippen molar-refractivity contribution in [2.75, 3.05) is 12.8 Å². The summed E-state index contributed by atoms with van der Waals surface area (Å²) in [4.78, 5) is 11.4. The van der Waals surface area contributed by atoms with Crippen molar-refractivity contribution in [1.82, 2.24) is 4.31 Å². The molecule has 0 aromatic heterocycles. The number of ether oxygens (including phenoxy) is 1. The molecule has 0 bridgehead atoms. The maximum Gasteiger partial charge on any atom is 0.306 e. The summed E-state index contributed by atoms with van der Waals surface area (Å²) in [5.41, 5.74) is 2.10. The Bertz CT molecular complexity index is 640. The SMILES string of the molecule is CS(=O)(=O)N1CCc2ccccc2[C@@H]1[C@H]1CCC(=O)O1. The van der Waals surface area contributed by atoms with Gasteiger partial charge < -0.3 is 4.74 Å². The highest BCUT2D eigenvalue weighted by Gasteiger charge is 2.42. The predicted octanol–water partition coefficient (Wildman–Crippen LogP) is 1.25. The number of hydrogen-bond donors (Lipinski definition) is 0. The number of rotatable bonds is 2. The van der Waals surface area contributed by atoms with Crippen LogP contribution in [0.1, 0.15) is 30.0 Å². The molecule has 0 spiro atoms. The number of cyclic esters (lactones) is 1. The predicted molar refractivity (Wildman–Crippen MR) is 73.6 cm³/mol. The molecule has 2 atom stereocenters. The third-order valence-electron chi connectivity index (χ3n) is 3.98. The minimum absolute atomic E-state index is 0.244. The van der Waals surface area contributed by atoms with Crippen LogP contribution < -0.4 is 0 Å².